The summed E-state index contributed by atoms with van der Waals surface area (Å²) in [6, 6.07) is 10.9. The van der Waals surface area contributed by atoms with Crippen LogP contribution in [0.5, 0.6) is 5.75 Å². The molecule has 0 spiro atoms. The molecule has 3 aromatic rings. The second-order valence-corrected chi connectivity index (χ2v) is 6.25. The first-order valence-corrected chi connectivity index (χ1v) is 7.66. The molecular weight excluding hydrogens is 329 g/mol. The summed E-state index contributed by atoms with van der Waals surface area (Å²) >= 11 is 13.5. The number of benzene rings is 2. The zero-order valence-corrected chi connectivity index (χ0v) is 13.0. The molecule has 2 aromatic carbocycles. The van der Waals surface area contributed by atoms with Crippen LogP contribution in [0.3, 0.4) is 0 Å². The van der Waals surface area contributed by atoms with E-state index in [-0.39, 0.29) is 6.61 Å². The van der Waals surface area contributed by atoms with Gasteiger partial charge in [0.05, 0.1) is 20.8 Å². The maximum absolute atomic E-state index is 11.1. The lowest BCUT2D eigenvalue weighted by Crippen LogP contribution is -1.98. The zero-order chi connectivity index (χ0) is 14.8. The van der Waals surface area contributed by atoms with Gasteiger partial charge in [0.2, 0.25) is 0 Å². The van der Waals surface area contributed by atoms with Gasteiger partial charge in [-0.25, -0.2) is 4.98 Å². The van der Waals surface area contributed by atoms with Gasteiger partial charge in [0.25, 0.3) is 0 Å². The van der Waals surface area contributed by atoms with E-state index < -0.39 is 0 Å². The Labute approximate surface area is 135 Å². The number of ether oxygens (including phenoxy) is 1. The average Bonchev–Trinajstić information content (AvgIpc) is 2.88. The lowest BCUT2D eigenvalue weighted by molar-refractivity contribution is 0.111. The van der Waals surface area contributed by atoms with Crippen LogP contribution >= 0.6 is 34.5 Å². The number of carbonyl (C=O) groups excluding carboxylic acids is 1. The molecule has 0 N–H and O–H groups in total. The summed E-state index contributed by atoms with van der Waals surface area (Å²) in [6.45, 7) is 0.252. The third-order valence-corrected chi connectivity index (χ3v) is 4.35. The summed E-state index contributed by atoms with van der Waals surface area (Å²) < 4.78 is 6.75. The minimum absolute atomic E-state index is 0.252. The van der Waals surface area contributed by atoms with Gasteiger partial charge in [-0.1, -0.05) is 35.3 Å². The lowest BCUT2D eigenvalue weighted by atomic mass is 10.2. The first-order chi connectivity index (χ1) is 10.2. The first kappa shape index (κ1) is 14.3. The normalized spacial score (nSPS) is 10.8. The van der Waals surface area contributed by atoms with Gasteiger partial charge in [-0.15, -0.1) is 11.3 Å². The molecule has 0 fully saturated rings. The molecule has 0 unspecified atom stereocenters. The van der Waals surface area contributed by atoms with Gasteiger partial charge in [0.15, 0.2) is 6.29 Å². The predicted molar refractivity (Wildman–Crippen MR) is 85.8 cm³/mol. The highest BCUT2D eigenvalue weighted by Gasteiger charge is 2.12. The molecule has 0 bridgehead atoms. The van der Waals surface area contributed by atoms with Gasteiger partial charge < -0.3 is 4.74 Å². The Hall–Kier alpha value is -1.62. The standard InChI is InChI=1S/C15H9Cl2NO2S/c16-10-5-9(7-19)15(11(17)6-10)20-8-14-18-12-3-1-2-4-13(12)21-14/h1-7H,8H2. The fraction of sp³-hybridized carbons (Fsp3) is 0.0667. The van der Waals surface area contributed by atoms with Gasteiger partial charge in [0.1, 0.15) is 17.4 Å². The maximum atomic E-state index is 11.1. The van der Waals surface area contributed by atoms with E-state index in [0.29, 0.717) is 27.6 Å². The number of hydrogen-bond acceptors (Lipinski definition) is 4. The van der Waals surface area contributed by atoms with E-state index in [4.69, 9.17) is 27.9 Å². The van der Waals surface area contributed by atoms with E-state index in [2.05, 4.69) is 4.98 Å². The number of thiazole rings is 1. The molecule has 106 valence electrons. The third kappa shape index (κ3) is 3.02. The van der Waals surface area contributed by atoms with Gasteiger partial charge >= 0.3 is 0 Å². The summed E-state index contributed by atoms with van der Waals surface area (Å²) in [7, 11) is 0. The van der Waals surface area contributed by atoms with Crippen molar-refractivity contribution >= 4 is 51.0 Å². The van der Waals surface area contributed by atoms with Crippen LogP contribution in [0, 0.1) is 0 Å². The summed E-state index contributed by atoms with van der Waals surface area (Å²) in [5, 5.41) is 1.53. The SMILES string of the molecule is O=Cc1cc(Cl)cc(Cl)c1OCc1nc2ccccc2s1. The Bertz CT molecular complexity index is 784. The highest BCUT2D eigenvalue weighted by molar-refractivity contribution is 7.18. The number of hydrogen-bond donors (Lipinski definition) is 0. The summed E-state index contributed by atoms with van der Waals surface area (Å²) in [6.07, 6.45) is 0.672. The molecule has 0 aliphatic heterocycles. The molecule has 0 amide bonds. The third-order valence-electron chi connectivity index (χ3n) is 2.84. The van der Waals surface area contributed by atoms with E-state index in [1.165, 1.54) is 6.07 Å². The van der Waals surface area contributed by atoms with Crippen LogP contribution in [0.2, 0.25) is 10.0 Å². The minimum atomic E-state index is 0.252. The minimum Gasteiger partial charge on any atom is -0.484 e. The quantitative estimate of drug-likeness (QED) is 0.629. The van der Waals surface area contributed by atoms with Crippen molar-refractivity contribution in [3.8, 4) is 5.75 Å². The molecule has 0 saturated carbocycles. The molecule has 6 heteroatoms. The van der Waals surface area contributed by atoms with Gasteiger partial charge in [0, 0.05) is 5.02 Å². The second-order valence-electron chi connectivity index (χ2n) is 4.29. The number of para-hydroxylation sites is 1. The molecule has 0 atom stereocenters. The lowest BCUT2D eigenvalue weighted by Gasteiger charge is -2.09. The summed E-state index contributed by atoms with van der Waals surface area (Å²) in [4.78, 5) is 15.5. The molecule has 21 heavy (non-hydrogen) atoms. The predicted octanol–water partition coefficient (Wildman–Crippen LogP) is 4.99. The van der Waals surface area contributed by atoms with Crippen molar-refractivity contribution in [1.29, 1.82) is 0 Å². The van der Waals surface area contributed by atoms with Crippen LogP contribution < -0.4 is 4.74 Å². The Morgan fingerprint density at radius 2 is 2.05 bits per heavy atom. The van der Waals surface area contributed by atoms with Crippen LogP contribution in [-0.4, -0.2) is 11.3 Å². The maximum Gasteiger partial charge on any atom is 0.153 e. The van der Waals surface area contributed by atoms with Crippen molar-refractivity contribution in [3.63, 3.8) is 0 Å². The highest BCUT2D eigenvalue weighted by atomic mass is 35.5. The van der Waals surface area contributed by atoms with Crippen LogP contribution in [0.25, 0.3) is 10.2 Å². The van der Waals surface area contributed by atoms with Crippen LogP contribution in [0.1, 0.15) is 15.4 Å². The van der Waals surface area contributed by atoms with Gasteiger partial charge in [-0.05, 0) is 24.3 Å². The van der Waals surface area contributed by atoms with E-state index >= 15 is 0 Å². The molecule has 1 aromatic heterocycles. The Morgan fingerprint density at radius 3 is 2.81 bits per heavy atom. The Balaban J connectivity index is 1.86. The van der Waals surface area contributed by atoms with E-state index in [9.17, 15) is 4.79 Å². The smallest absolute Gasteiger partial charge is 0.153 e. The van der Waals surface area contributed by atoms with Crippen LogP contribution in [-0.2, 0) is 6.61 Å². The molecular formula is C15H9Cl2NO2S. The Kier molecular flexibility index (Phi) is 4.10. The second kappa shape index (κ2) is 6.02. The van der Waals surface area contributed by atoms with Crippen molar-refractivity contribution in [2.75, 3.05) is 0 Å². The fourth-order valence-electron chi connectivity index (χ4n) is 1.94. The number of aldehydes is 1. The largest absolute Gasteiger partial charge is 0.484 e. The van der Waals surface area contributed by atoms with Crippen LogP contribution in [0.4, 0.5) is 0 Å². The van der Waals surface area contributed by atoms with E-state index in [1.807, 2.05) is 24.3 Å². The summed E-state index contributed by atoms with van der Waals surface area (Å²) in [5.41, 5.74) is 1.26. The zero-order valence-electron chi connectivity index (χ0n) is 10.7. The molecule has 1 heterocycles. The number of fused-ring (bicyclic) bond motifs is 1. The monoisotopic (exact) mass is 337 g/mol. The number of nitrogens with zero attached hydrogens (tertiary/aromatic N) is 1. The fourth-order valence-corrected chi connectivity index (χ4v) is 3.38. The molecule has 0 aliphatic rings. The molecule has 0 radical (unpaired) electrons. The topological polar surface area (TPSA) is 39.2 Å². The molecule has 0 aliphatic carbocycles. The summed E-state index contributed by atoms with van der Waals surface area (Å²) in [5.74, 6) is 0.329. The van der Waals surface area contributed by atoms with E-state index in [0.717, 1.165) is 15.2 Å². The van der Waals surface area contributed by atoms with Crippen molar-refractivity contribution in [1.82, 2.24) is 4.98 Å². The number of rotatable bonds is 4. The number of aromatic nitrogens is 1. The molecule has 3 nitrogen and oxygen atoms in total. The van der Waals surface area contributed by atoms with Crippen molar-refractivity contribution in [2.24, 2.45) is 0 Å². The van der Waals surface area contributed by atoms with Crippen molar-refractivity contribution in [2.45, 2.75) is 6.61 Å². The van der Waals surface area contributed by atoms with Crippen molar-refractivity contribution in [3.05, 3.63) is 57.0 Å². The molecule has 3 rings (SSSR count). The van der Waals surface area contributed by atoms with Gasteiger partial charge in [-0.2, -0.15) is 0 Å². The number of halogens is 2. The van der Waals surface area contributed by atoms with Crippen molar-refractivity contribution < 1.29 is 9.53 Å². The first-order valence-electron chi connectivity index (χ1n) is 6.09. The van der Waals surface area contributed by atoms with Gasteiger partial charge in [-0.3, -0.25) is 4.79 Å². The van der Waals surface area contributed by atoms with E-state index in [1.54, 1.807) is 17.4 Å². The van der Waals surface area contributed by atoms with Crippen LogP contribution in [0.15, 0.2) is 36.4 Å². The average molecular weight is 338 g/mol. The number of carbonyl (C=O) groups is 1. The molecule has 0 saturated heterocycles. The Morgan fingerprint density at radius 1 is 1.24 bits per heavy atom. The highest BCUT2D eigenvalue weighted by Crippen LogP contribution is 2.32.